The molecule has 0 spiro atoms. The number of ether oxygens (including phenoxy) is 2. The monoisotopic (exact) mass is 238 g/mol. The van der Waals surface area contributed by atoms with Gasteiger partial charge < -0.3 is 9.47 Å². The minimum atomic E-state index is -4.57. The van der Waals surface area contributed by atoms with Crippen LogP contribution < -0.4 is 0 Å². The van der Waals surface area contributed by atoms with Gasteiger partial charge >= 0.3 is 12.5 Å². The van der Waals surface area contributed by atoms with Crippen LogP contribution in [0.3, 0.4) is 0 Å². The van der Waals surface area contributed by atoms with E-state index in [1.165, 1.54) is 0 Å². The zero-order valence-electron chi connectivity index (χ0n) is 7.36. The maximum atomic E-state index is 11.5. The van der Waals surface area contributed by atoms with E-state index in [2.05, 4.69) is 22.6 Å². The molecule has 90 valence electrons. The molecule has 0 N–H and O–H groups in total. The summed E-state index contributed by atoms with van der Waals surface area (Å²) in [7, 11) is 0. The summed E-state index contributed by atoms with van der Waals surface area (Å²) in [5.41, 5.74) is 0. The van der Waals surface area contributed by atoms with Gasteiger partial charge in [0.1, 0.15) is 0 Å². The smallest absolute Gasteiger partial charge is 0.439 e. The topological polar surface area (TPSA) is 18.5 Å². The molecule has 0 radical (unpaired) electrons. The first-order valence-corrected chi connectivity index (χ1v) is 3.26. The zero-order valence-corrected chi connectivity index (χ0v) is 7.36. The highest BCUT2D eigenvalue weighted by molar-refractivity contribution is 4.56. The highest BCUT2D eigenvalue weighted by Gasteiger charge is 2.29. The summed E-state index contributed by atoms with van der Waals surface area (Å²) in [5.74, 6) is 0. The van der Waals surface area contributed by atoms with Gasteiger partial charge in [0, 0.05) is 0 Å². The van der Waals surface area contributed by atoms with Crippen molar-refractivity contribution in [2.75, 3.05) is 6.67 Å². The van der Waals surface area contributed by atoms with Gasteiger partial charge in [-0.05, 0) is 0 Å². The fourth-order valence-electron chi connectivity index (χ4n) is 0.248. The molecule has 0 aliphatic rings. The van der Waals surface area contributed by atoms with Gasteiger partial charge in [-0.2, -0.15) is 8.78 Å². The second-order valence-corrected chi connectivity index (χ2v) is 1.79. The Morgan fingerprint density at radius 2 is 1.33 bits per heavy atom. The SMILES string of the molecule is C=COC(F)(F)CF.C=COC(F)(F)F. The Balaban J connectivity index is 0. The Hall–Kier alpha value is -1.34. The van der Waals surface area contributed by atoms with Crippen molar-refractivity contribution in [1.82, 2.24) is 0 Å². The standard InChI is InChI=1S/C4H5F3O.C3H3F3O/c1-2-8-4(6,7)3-5;1-2-7-3(4,5)6/h2H,1,3H2;2H,1H2. The molecule has 0 aromatic rings. The van der Waals surface area contributed by atoms with Crippen LogP contribution >= 0.6 is 0 Å². The van der Waals surface area contributed by atoms with Crippen LogP contribution in [0.2, 0.25) is 0 Å². The average molecular weight is 238 g/mol. The molecule has 0 amide bonds. The Labute approximate surface area is 81.8 Å². The number of alkyl halides is 6. The van der Waals surface area contributed by atoms with E-state index in [0.717, 1.165) is 0 Å². The van der Waals surface area contributed by atoms with Crippen LogP contribution in [0.1, 0.15) is 0 Å². The van der Waals surface area contributed by atoms with E-state index in [0.29, 0.717) is 12.5 Å². The first kappa shape index (κ1) is 16.1. The van der Waals surface area contributed by atoms with E-state index in [4.69, 9.17) is 0 Å². The van der Waals surface area contributed by atoms with Crippen molar-refractivity contribution in [3.05, 3.63) is 25.7 Å². The fraction of sp³-hybridized carbons (Fsp3) is 0.429. The maximum Gasteiger partial charge on any atom is 0.572 e. The van der Waals surface area contributed by atoms with Gasteiger partial charge in [-0.25, -0.2) is 4.39 Å². The second kappa shape index (κ2) is 7.02. The van der Waals surface area contributed by atoms with Gasteiger partial charge in [-0.15, -0.1) is 13.2 Å². The number of hydrogen-bond acceptors (Lipinski definition) is 2. The molecule has 0 fully saturated rings. The van der Waals surface area contributed by atoms with Gasteiger partial charge in [-0.1, -0.05) is 13.2 Å². The molecule has 0 atom stereocenters. The fourth-order valence-corrected chi connectivity index (χ4v) is 0.248. The number of rotatable bonds is 4. The Morgan fingerprint density at radius 1 is 0.933 bits per heavy atom. The van der Waals surface area contributed by atoms with E-state index in [-0.39, 0.29) is 0 Å². The van der Waals surface area contributed by atoms with Gasteiger partial charge in [0.05, 0.1) is 12.5 Å². The summed E-state index contributed by atoms with van der Waals surface area (Å²) in [6.07, 6.45) is -7.43. The summed E-state index contributed by atoms with van der Waals surface area (Å²) >= 11 is 0. The Bertz CT molecular complexity index is 188. The molecule has 0 saturated heterocycles. The Morgan fingerprint density at radius 3 is 1.40 bits per heavy atom. The summed E-state index contributed by atoms with van der Waals surface area (Å²) in [4.78, 5) is 0. The quantitative estimate of drug-likeness (QED) is 0.552. The summed E-state index contributed by atoms with van der Waals surface area (Å²) in [6, 6.07) is 0. The van der Waals surface area contributed by atoms with Gasteiger partial charge in [-0.3, -0.25) is 0 Å². The molecule has 0 aliphatic heterocycles. The summed E-state index contributed by atoms with van der Waals surface area (Å²) < 4.78 is 72.7. The third-order valence-electron chi connectivity index (χ3n) is 0.628. The highest BCUT2D eigenvalue weighted by Crippen LogP contribution is 2.15. The molecular formula is C7H8F6O2. The van der Waals surface area contributed by atoms with Crippen molar-refractivity contribution in [3.63, 3.8) is 0 Å². The largest absolute Gasteiger partial charge is 0.572 e. The van der Waals surface area contributed by atoms with Gasteiger partial charge in [0.25, 0.3) is 0 Å². The predicted molar refractivity (Wildman–Crippen MR) is 39.5 cm³/mol. The lowest BCUT2D eigenvalue weighted by molar-refractivity contribution is -0.297. The molecule has 15 heavy (non-hydrogen) atoms. The molecular weight excluding hydrogens is 230 g/mol. The third-order valence-corrected chi connectivity index (χ3v) is 0.628. The van der Waals surface area contributed by atoms with Crippen LogP contribution in [0, 0.1) is 0 Å². The van der Waals surface area contributed by atoms with Crippen LogP contribution in [0.4, 0.5) is 26.3 Å². The predicted octanol–water partition coefficient (Wildman–Crippen LogP) is 3.38. The lowest BCUT2D eigenvalue weighted by Gasteiger charge is -2.08. The van der Waals surface area contributed by atoms with Crippen LogP contribution in [0.25, 0.3) is 0 Å². The van der Waals surface area contributed by atoms with Crippen molar-refractivity contribution in [2.45, 2.75) is 12.5 Å². The highest BCUT2D eigenvalue weighted by atomic mass is 19.4. The minimum absolute atomic E-state index is 0.333. The summed E-state index contributed by atoms with van der Waals surface area (Å²) in [5, 5.41) is 0. The van der Waals surface area contributed by atoms with E-state index >= 15 is 0 Å². The number of hydrogen-bond donors (Lipinski definition) is 0. The molecule has 0 bridgehead atoms. The Kier molecular flexibility index (Phi) is 7.53. The first-order chi connectivity index (χ1) is 6.68. The normalized spacial score (nSPS) is 10.8. The van der Waals surface area contributed by atoms with Gasteiger partial charge in [0.15, 0.2) is 6.67 Å². The molecule has 8 heteroatoms. The van der Waals surface area contributed by atoms with Crippen molar-refractivity contribution < 1.29 is 35.8 Å². The molecule has 2 nitrogen and oxygen atoms in total. The van der Waals surface area contributed by atoms with E-state index in [1.54, 1.807) is 0 Å². The van der Waals surface area contributed by atoms with Crippen LogP contribution in [-0.4, -0.2) is 19.1 Å². The van der Waals surface area contributed by atoms with Crippen molar-refractivity contribution in [1.29, 1.82) is 0 Å². The lowest BCUT2D eigenvalue weighted by atomic mass is 10.7. The van der Waals surface area contributed by atoms with Gasteiger partial charge in [0.2, 0.25) is 0 Å². The molecule has 0 unspecified atom stereocenters. The first-order valence-electron chi connectivity index (χ1n) is 3.26. The molecule has 0 aromatic heterocycles. The third kappa shape index (κ3) is 15.4. The maximum absolute atomic E-state index is 11.5. The molecule has 0 aromatic carbocycles. The zero-order chi connectivity index (χ0) is 12.5. The van der Waals surface area contributed by atoms with E-state index in [1.807, 2.05) is 0 Å². The van der Waals surface area contributed by atoms with Crippen LogP contribution in [0.5, 0.6) is 0 Å². The second-order valence-electron chi connectivity index (χ2n) is 1.79. The molecule has 0 heterocycles. The van der Waals surface area contributed by atoms with Crippen molar-refractivity contribution in [2.24, 2.45) is 0 Å². The van der Waals surface area contributed by atoms with E-state index < -0.39 is 19.1 Å². The molecule has 0 saturated carbocycles. The van der Waals surface area contributed by atoms with Crippen molar-refractivity contribution >= 4 is 0 Å². The molecule has 0 rings (SSSR count). The average Bonchev–Trinajstić information content (AvgIpc) is 2.03. The summed E-state index contributed by atoms with van der Waals surface area (Å²) in [6.45, 7) is 3.71. The molecule has 0 aliphatic carbocycles. The lowest BCUT2D eigenvalue weighted by Crippen LogP contribution is -2.19. The van der Waals surface area contributed by atoms with Crippen LogP contribution in [0.15, 0.2) is 25.7 Å². The van der Waals surface area contributed by atoms with E-state index in [9.17, 15) is 26.3 Å². The number of halogens is 6. The van der Waals surface area contributed by atoms with Crippen LogP contribution in [-0.2, 0) is 9.47 Å². The minimum Gasteiger partial charge on any atom is -0.439 e. The van der Waals surface area contributed by atoms with Crippen molar-refractivity contribution in [3.8, 4) is 0 Å².